The van der Waals surface area contributed by atoms with Crippen molar-refractivity contribution >= 4 is 17.8 Å². The summed E-state index contributed by atoms with van der Waals surface area (Å²) in [5, 5.41) is 2.90. The van der Waals surface area contributed by atoms with Crippen LogP contribution >= 0.6 is 0 Å². The number of aryl methyl sites for hydroxylation is 1. The number of nitrogens with zero attached hydrogens (tertiary/aromatic N) is 2. The van der Waals surface area contributed by atoms with Crippen LogP contribution in [0.1, 0.15) is 63.4 Å². The molecule has 1 unspecified atom stereocenters. The third kappa shape index (κ3) is 4.16. The van der Waals surface area contributed by atoms with Crippen molar-refractivity contribution in [3.8, 4) is 0 Å². The summed E-state index contributed by atoms with van der Waals surface area (Å²) >= 11 is 0. The molecule has 4 amide bonds. The maximum absolute atomic E-state index is 13.1. The first-order valence-electron chi connectivity index (χ1n) is 11.1. The number of nitrogens with one attached hydrogen (secondary N) is 1. The fourth-order valence-corrected chi connectivity index (χ4v) is 5.15. The topological polar surface area (TPSA) is 69.7 Å². The second kappa shape index (κ2) is 8.56. The van der Waals surface area contributed by atoms with Crippen molar-refractivity contribution in [1.29, 1.82) is 0 Å². The van der Waals surface area contributed by atoms with Gasteiger partial charge in [0.1, 0.15) is 12.1 Å². The third-order valence-electron chi connectivity index (χ3n) is 6.80. The van der Waals surface area contributed by atoms with Crippen LogP contribution in [0.25, 0.3) is 0 Å². The smallest absolute Gasteiger partial charge is 0.325 e. The Hall–Kier alpha value is -2.37. The molecule has 0 aromatic heterocycles. The lowest BCUT2D eigenvalue weighted by Crippen LogP contribution is -2.51. The summed E-state index contributed by atoms with van der Waals surface area (Å²) in [5.74, 6) is -0.299. The summed E-state index contributed by atoms with van der Waals surface area (Å²) in [4.78, 5) is 41.6. The highest BCUT2D eigenvalue weighted by molar-refractivity contribution is 6.09. The monoisotopic (exact) mass is 397 g/mol. The summed E-state index contributed by atoms with van der Waals surface area (Å²) in [6.07, 6.45) is 9.30. The van der Waals surface area contributed by atoms with E-state index in [0.717, 1.165) is 56.3 Å². The molecule has 2 heterocycles. The molecule has 6 heteroatoms. The lowest BCUT2D eigenvalue weighted by atomic mass is 9.82. The molecule has 4 rings (SSSR count). The molecule has 1 N–H and O–H groups in total. The highest BCUT2D eigenvalue weighted by Gasteiger charge is 2.52. The number of hydrogen-bond acceptors (Lipinski definition) is 3. The van der Waals surface area contributed by atoms with E-state index in [-0.39, 0.29) is 24.4 Å². The van der Waals surface area contributed by atoms with Gasteiger partial charge in [0.2, 0.25) is 5.91 Å². The number of rotatable bonds is 5. The average molecular weight is 398 g/mol. The maximum Gasteiger partial charge on any atom is 0.325 e. The van der Waals surface area contributed by atoms with Gasteiger partial charge in [0.15, 0.2) is 0 Å². The van der Waals surface area contributed by atoms with Crippen LogP contribution in [0.3, 0.4) is 0 Å². The minimum absolute atomic E-state index is 0.0980. The van der Waals surface area contributed by atoms with Crippen molar-refractivity contribution in [1.82, 2.24) is 15.1 Å². The Labute approximate surface area is 172 Å². The van der Waals surface area contributed by atoms with Crippen molar-refractivity contribution in [2.75, 3.05) is 13.1 Å². The first-order chi connectivity index (χ1) is 14.1. The summed E-state index contributed by atoms with van der Waals surface area (Å²) < 4.78 is 0. The Balaban J connectivity index is 1.39. The molecule has 156 valence electrons. The van der Waals surface area contributed by atoms with Gasteiger partial charge in [-0.1, -0.05) is 49.6 Å². The fraction of sp³-hybridized carbons (Fsp3) is 0.609. The Morgan fingerprint density at radius 3 is 2.55 bits per heavy atom. The van der Waals surface area contributed by atoms with Crippen LogP contribution in [-0.4, -0.2) is 52.3 Å². The van der Waals surface area contributed by atoms with E-state index in [1.807, 2.05) is 23.1 Å². The standard InChI is InChI=1S/C23H31N3O3/c27-20(17-26-21(28)23(24-22(26)29)14-6-2-7-15-23)25-16-8-5-11-19(25)13-12-18-9-3-1-4-10-18/h1,3-4,9-10,19H,2,5-8,11-17H2,(H,24,29). The van der Waals surface area contributed by atoms with Gasteiger partial charge in [-0.15, -0.1) is 0 Å². The van der Waals surface area contributed by atoms with Crippen molar-refractivity contribution in [3.63, 3.8) is 0 Å². The molecule has 1 aromatic carbocycles. The zero-order valence-electron chi connectivity index (χ0n) is 17.1. The normalized spacial score (nSPS) is 24.1. The number of likely N-dealkylation sites (tertiary alicyclic amines) is 1. The van der Waals surface area contributed by atoms with E-state index in [2.05, 4.69) is 17.4 Å². The number of carbonyl (C=O) groups is 3. The molecule has 29 heavy (non-hydrogen) atoms. The van der Waals surface area contributed by atoms with Gasteiger partial charge in [-0.3, -0.25) is 14.5 Å². The van der Waals surface area contributed by atoms with E-state index >= 15 is 0 Å². The number of carbonyl (C=O) groups excluding carboxylic acids is 3. The minimum Gasteiger partial charge on any atom is -0.338 e. The van der Waals surface area contributed by atoms with Gasteiger partial charge in [-0.05, 0) is 50.5 Å². The molecule has 2 saturated heterocycles. The van der Waals surface area contributed by atoms with Crippen LogP contribution in [0.2, 0.25) is 0 Å². The molecule has 1 aliphatic carbocycles. The summed E-state index contributed by atoms with van der Waals surface area (Å²) in [6, 6.07) is 10.1. The molecule has 1 saturated carbocycles. The van der Waals surface area contributed by atoms with Crippen LogP contribution < -0.4 is 5.32 Å². The van der Waals surface area contributed by atoms with Gasteiger partial charge in [0, 0.05) is 12.6 Å². The molecular formula is C23H31N3O3. The summed E-state index contributed by atoms with van der Waals surface area (Å²) in [6.45, 7) is 0.585. The molecule has 0 bridgehead atoms. The Morgan fingerprint density at radius 1 is 1.03 bits per heavy atom. The fourth-order valence-electron chi connectivity index (χ4n) is 5.15. The van der Waals surface area contributed by atoms with Gasteiger partial charge >= 0.3 is 6.03 Å². The predicted octanol–water partition coefficient (Wildman–Crippen LogP) is 3.26. The van der Waals surface area contributed by atoms with Crippen LogP contribution in [0.4, 0.5) is 4.79 Å². The second-order valence-electron chi connectivity index (χ2n) is 8.73. The zero-order chi connectivity index (χ0) is 20.3. The second-order valence-corrected chi connectivity index (χ2v) is 8.73. The van der Waals surface area contributed by atoms with Crippen LogP contribution in [0, 0.1) is 0 Å². The van der Waals surface area contributed by atoms with Crippen LogP contribution in [0.15, 0.2) is 30.3 Å². The van der Waals surface area contributed by atoms with Crippen molar-refractivity contribution < 1.29 is 14.4 Å². The molecule has 1 aromatic rings. The number of piperidine rings is 1. The van der Waals surface area contributed by atoms with Crippen molar-refractivity contribution in [2.45, 2.75) is 75.8 Å². The first-order valence-corrected chi connectivity index (χ1v) is 11.1. The van der Waals surface area contributed by atoms with E-state index in [4.69, 9.17) is 0 Å². The Kier molecular flexibility index (Phi) is 5.88. The molecule has 2 aliphatic heterocycles. The van der Waals surface area contributed by atoms with Gasteiger partial charge in [0.05, 0.1) is 0 Å². The summed E-state index contributed by atoms with van der Waals surface area (Å²) in [5.41, 5.74) is 0.517. The number of imide groups is 1. The highest BCUT2D eigenvalue weighted by atomic mass is 16.2. The third-order valence-corrected chi connectivity index (χ3v) is 6.80. The van der Waals surface area contributed by atoms with Crippen LogP contribution in [0.5, 0.6) is 0 Å². The van der Waals surface area contributed by atoms with E-state index in [9.17, 15) is 14.4 Å². The molecule has 0 radical (unpaired) electrons. The van der Waals surface area contributed by atoms with E-state index < -0.39 is 11.6 Å². The van der Waals surface area contributed by atoms with Crippen molar-refractivity contribution in [2.24, 2.45) is 0 Å². The maximum atomic E-state index is 13.1. The van der Waals surface area contributed by atoms with Gasteiger partial charge < -0.3 is 10.2 Å². The van der Waals surface area contributed by atoms with Crippen molar-refractivity contribution in [3.05, 3.63) is 35.9 Å². The van der Waals surface area contributed by atoms with Gasteiger partial charge in [-0.25, -0.2) is 4.79 Å². The SMILES string of the molecule is O=C1NC2(CCCCC2)C(=O)N1CC(=O)N1CCCCC1CCc1ccccc1. The van der Waals surface area contributed by atoms with E-state index in [1.54, 1.807) is 0 Å². The van der Waals surface area contributed by atoms with E-state index in [0.29, 0.717) is 19.4 Å². The van der Waals surface area contributed by atoms with Crippen LogP contribution in [-0.2, 0) is 16.0 Å². The van der Waals surface area contributed by atoms with Gasteiger partial charge in [-0.2, -0.15) is 0 Å². The average Bonchev–Trinajstić information content (AvgIpc) is 2.97. The largest absolute Gasteiger partial charge is 0.338 e. The number of benzene rings is 1. The summed E-state index contributed by atoms with van der Waals surface area (Å²) in [7, 11) is 0. The lowest BCUT2D eigenvalue weighted by molar-refractivity contribution is -0.141. The Bertz CT molecular complexity index is 758. The van der Waals surface area contributed by atoms with Gasteiger partial charge in [0.25, 0.3) is 5.91 Å². The molecule has 3 aliphatic rings. The molecule has 3 fully saturated rings. The molecule has 1 spiro atoms. The molecule has 6 nitrogen and oxygen atoms in total. The molecular weight excluding hydrogens is 366 g/mol. The number of hydrogen-bond donors (Lipinski definition) is 1. The molecule has 1 atom stereocenters. The number of urea groups is 1. The highest BCUT2D eigenvalue weighted by Crippen LogP contribution is 2.33. The minimum atomic E-state index is -0.760. The predicted molar refractivity (Wildman–Crippen MR) is 110 cm³/mol. The van der Waals surface area contributed by atoms with E-state index in [1.165, 1.54) is 5.56 Å². The Morgan fingerprint density at radius 2 is 1.79 bits per heavy atom. The quantitative estimate of drug-likeness (QED) is 0.776. The first kappa shape index (κ1) is 19.9. The number of amides is 4. The lowest BCUT2D eigenvalue weighted by Gasteiger charge is -2.37. The zero-order valence-corrected chi connectivity index (χ0v) is 17.1.